The van der Waals surface area contributed by atoms with Gasteiger partial charge in [0.25, 0.3) is 5.91 Å². The number of ether oxygens (including phenoxy) is 1. The number of fused-ring (bicyclic) bond motifs is 1. The van der Waals surface area contributed by atoms with Crippen LogP contribution in [0, 0.1) is 0 Å². The predicted molar refractivity (Wildman–Crippen MR) is 145 cm³/mol. The number of primary amides is 1. The molecule has 14 heteroatoms. The quantitative estimate of drug-likeness (QED) is 0.263. The second-order valence-corrected chi connectivity index (χ2v) is 10.4. The molecular formula is C25H27N7O6S. The van der Waals surface area contributed by atoms with Crippen molar-refractivity contribution in [3.05, 3.63) is 39.5 Å². The number of amides is 1. The lowest BCUT2D eigenvalue weighted by molar-refractivity contribution is 0.1000. The normalized spacial score (nSPS) is 19.8. The topological polar surface area (TPSA) is 182 Å². The van der Waals surface area contributed by atoms with E-state index in [-0.39, 0.29) is 34.6 Å². The van der Waals surface area contributed by atoms with Crippen molar-refractivity contribution in [3.63, 3.8) is 0 Å². The van der Waals surface area contributed by atoms with Gasteiger partial charge in [-0.05, 0) is 12.8 Å². The summed E-state index contributed by atoms with van der Waals surface area (Å²) < 4.78 is 17.6. The Labute approximate surface area is 226 Å². The Morgan fingerprint density at radius 1 is 1.21 bits per heavy atom. The van der Waals surface area contributed by atoms with Crippen molar-refractivity contribution >= 4 is 51.0 Å². The first-order chi connectivity index (χ1) is 19.0. The van der Waals surface area contributed by atoms with Crippen LogP contribution in [0.25, 0.3) is 21.6 Å². The maximum Gasteiger partial charge on any atom is 0.254 e. The first-order valence-electron chi connectivity index (χ1n) is 12.7. The van der Waals surface area contributed by atoms with E-state index in [0.717, 1.165) is 19.3 Å². The molecular weight excluding hydrogens is 526 g/mol. The summed E-state index contributed by atoms with van der Waals surface area (Å²) in [5.41, 5.74) is 6.46. The minimum Gasteiger partial charge on any atom is -0.439 e. The van der Waals surface area contributed by atoms with Gasteiger partial charge in [-0.3, -0.25) is 9.59 Å². The first kappa shape index (κ1) is 25.3. The first-order valence-corrected chi connectivity index (χ1v) is 13.6. The Morgan fingerprint density at radius 2 is 2.03 bits per heavy atom. The van der Waals surface area contributed by atoms with Crippen LogP contribution < -0.4 is 26.7 Å². The van der Waals surface area contributed by atoms with E-state index in [1.165, 1.54) is 23.6 Å². The van der Waals surface area contributed by atoms with Gasteiger partial charge < -0.3 is 40.1 Å². The van der Waals surface area contributed by atoms with Crippen molar-refractivity contribution < 1.29 is 23.6 Å². The van der Waals surface area contributed by atoms with Crippen LogP contribution in [0.5, 0.6) is 0 Å². The van der Waals surface area contributed by atoms with Crippen LogP contribution >= 0.6 is 11.3 Å². The average molecular weight is 554 g/mol. The molecule has 204 valence electrons. The molecule has 0 aromatic carbocycles. The lowest BCUT2D eigenvalue weighted by Gasteiger charge is -2.28. The maximum atomic E-state index is 12.8. The lowest BCUT2D eigenvalue weighted by atomic mass is 9.93. The number of nitrogens with zero attached hydrogens (tertiary/aromatic N) is 4. The number of nitrogens with two attached hydrogens (primary N) is 1. The third kappa shape index (κ3) is 5.17. The Hall–Kier alpha value is -4.01. The van der Waals surface area contributed by atoms with E-state index in [9.17, 15) is 14.7 Å². The smallest absolute Gasteiger partial charge is 0.254 e. The van der Waals surface area contributed by atoms with Crippen LogP contribution in [0.15, 0.2) is 37.4 Å². The minimum atomic E-state index is -0.716. The number of aliphatic hydroxyl groups excluding tert-OH is 1. The van der Waals surface area contributed by atoms with Crippen molar-refractivity contribution in [2.75, 3.05) is 41.8 Å². The maximum absolute atomic E-state index is 12.8. The number of hydrogen-bond acceptors (Lipinski definition) is 13. The second kappa shape index (κ2) is 10.6. The van der Waals surface area contributed by atoms with Crippen molar-refractivity contribution in [3.8, 4) is 11.3 Å². The van der Waals surface area contributed by atoms with Crippen molar-refractivity contribution in [2.24, 2.45) is 5.73 Å². The van der Waals surface area contributed by atoms with Gasteiger partial charge in [-0.15, -0.1) is 11.3 Å². The Morgan fingerprint density at radius 3 is 2.82 bits per heavy atom. The molecule has 0 bridgehead atoms. The van der Waals surface area contributed by atoms with E-state index >= 15 is 0 Å². The summed E-state index contributed by atoms with van der Waals surface area (Å²) >= 11 is 1.26. The molecule has 6 rings (SSSR count). The number of aromatic nitrogens is 3. The second-order valence-electron chi connectivity index (χ2n) is 9.48. The molecule has 0 spiro atoms. The van der Waals surface area contributed by atoms with E-state index in [1.807, 2.05) is 4.90 Å². The summed E-state index contributed by atoms with van der Waals surface area (Å²) in [7, 11) is 0. The number of carbonyl (C=O) groups is 1. The summed E-state index contributed by atoms with van der Waals surface area (Å²) in [4.78, 5) is 35.4. The zero-order chi connectivity index (χ0) is 26.9. The Bertz CT molecular complexity index is 1560. The van der Waals surface area contributed by atoms with Gasteiger partial charge >= 0.3 is 0 Å². The largest absolute Gasteiger partial charge is 0.439 e. The van der Waals surface area contributed by atoms with Gasteiger partial charge in [0, 0.05) is 36.8 Å². The highest BCUT2D eigenvalue weighted by atomic mass is 32.1. The van der Waals surface area contributed by atoms with Crippen LogP contribution in [-0.4, -0.2) is 64.6 Å². The fourth-order valence-electron chi connectivity index (χ4n) is 4.79. The molecule has 0 unspecified atom stereocenters. The fraction of sp³-hybridized carbons (Fsp3) is 0.400. The predicted octanol–water partition coefficient (Wildman–Crippen LogP) is 2.69. The highest BCUT2D eigenvalue weighted by molar-refractivity contribution is 7.17. The number of anilines is 4. The van der Waals surface area contributed by atoms with Gasteiger partial charge in [-0.2, -0.15) is 4.98 Å². The molecule has 4 aromatic heterocycles. The van der Waals surface area contributed by atoms with Gasteiger partial charge in [0.15, 0.2) is 23.0 Å². The number of hydrogen-bond donors (Lipinski definition) is 4. The number of morpholine rings is 1. The number of nitrogens with one attached hydrogen (secondary N) is 2. The highest BCUT2D eigenvalue weighted by Crippen LogP contribution is 2.36. The minimum absolute atomic E-state index is 0.0661. The standard InChI is InChI=1S/C25H27N7O6S/c26-23(35)13-11-27-25(28-15-3-1-2-4-16(15)33)30-24(13)29-19-10-18(38-31-19)14-12-39-22-17(34)9-20(37-21(14)22)32-5-7-36-8-6-32/h9-12,15-16,33H,1-8H2,(H2,26,35)(H2,27,28,29,30,31)/t15-,16+/m1/s1. The zero-order valence-electron chi connectivity index (χ0n) is 20.9. The summed E-state index contributed by atoms with van der Waals surface area (Å²) in [6.07, 6.45) is 4.28. The zero-order valence-corrected chi connectivity index (χ0v) is 21.7. The van der Waals surface area contributed by atoms with Crippen LogP contribution in [0.3, 0.4) is 0 Å². The molecule has 5 N–H and O–H groups in total. The molecule has 2 fully saturated rings. The molecule has 1 aliphatic heterocycles. The molecule has 1 saturated carbocycles. The van der Waals surface area contributed by atoms with E-state index in [1.54, 1.807) is 11.4 Å². The van der Waals surface area contributed by atoms with Gasteiger partial charge in [0.2, 0.25) is 11.4 Å². The number of rotatable bonds is 7. The molecule has 13 nitrogen and oxygen atoms in total. The molecule has 5 heterocycles. The molecule has 1 amide bonds. The SMILES string of the molecule is NC(=O)c1cnc(N[C@@H]2CCCC[C@@H]2O)nc1Nc1cc(-c2csc3c(=O)cc(N4CCOCC4)oc23)on1. The van der Waals surface area contributed by atoms with Crippen molar-refractivity contribution in [1.29, 1.82) is 0 Å². The van der Waals surface area contributed by atoms with Crippen LogP contribution in [0.4, 0.5) is 23.5 Å². The highest BCUT2D eigenvalue weighted by Gasteiger charge is 2.25. The third-order valence-electron chi connectivity index (χ3n) is 6.87. The molecule has 2 aliphatic rings. The lowest BCUT2D eigenvalue weighted by Crippen LogP contribution is -2.37. The third-order valence-corrected chi connectivity index (χ3v) is 7.85. The summed E-state index contributed by atoms with van der Waals surface area (Å²) in [5, 5.41) is 22.3. The summed E-state index contributed by atoms with van der Waals surface area (Å²) in [6.45, 7) is 2.37. The number of aliphatic hydroxyl groups is 1. The molecule has 39 heavy (non-hydrogen) atoms. The van der Waals surface area contributed by atoms with E-state index in [2.05, 4.69) is 25.8 Å². The van der Waals surface area contributed by atoms with E-state index < -0.39 is 12.0 Å². The van der Waals surface area contributed by atoms with E-state index in [0.29, 0.717) is 60.2 Å². The molecule has 2 atom stereocenters. The van der Waals surface area contributed by atoms with E-state index in [4.69, 9.17) is 19.4 Å². The van der Waals surface area contributed by atoms with Crippen LogP contribution in [-0.2, 0) is 4.74 Å². The van der Waals surface area contributed by atoms with Crippen LogP contribution in [0.1, 0.15) is 36.0 Å². The molecule has 4 aromatic rings. The average Bonchev–Trinajstić information content (AvgIpc) is 3.58. The summed E-state index contributed by atoms with van der Waals surface area (Å²) in [6, 6.07) is 2.93. The molecule has 0 radical (unpaired) electrons. The molecule has 1 saturated heterocycles. The van der Waals surface area contributed by atoms with Gasteiger partial charge in [0.1, 0.15) is 16.1 Å². The van der Waals surface area contributed by atoms with Crippen LogP contribution in [0.2, 0.25) is 0 Å². The Kier molecular flexibility index (Phi) is 6.89. The van der Waals surface area contributed by atoms with Gasteiger partial charge in [-0.1, -0.05) is 18.0 Å². The fourth-order valence-corrected chi connectivity index (χ4v) is 5.69. The number of carbonyl (C=O) groups excluding carboxylic acids is 1. The monoisotopic (exact) mass is 553 g/mol. The van der Waals surface area contributed by atoms with Crippen molar-refractivity contribution in [2.45, 2.75) is 37.8 Å². The van der Waals surface area contributed by atoms with Crippen molar-refractivity contribution in [1.82, 2.24) is 15.1 Å². The van der Waals surface area contributed by atoms with Gasteiger partial charge in [-0.25, -0.2) is 4.98 Å². The van der Waals surface area contributed by atoms with Gasteiger partial charge in [0.05, 0.1) is 30.9 Å². The number of thiophene rings is 1. The Balaban J connectivity index is 1.28. The molecule has 1 aliphatic carbocycles. The summed E-state index contributed by atoms with van der Waals surface area (Å²) in [5.74, 6) is 0.778.